The summed E-state index contributed by atoms with van der Waals surface area (Å²) in [5, 5.41) is 2.79. The number of likely N-dealkylation sites (N-methyl/N-ethyl adjacent to an activating group) is 1. The molecule has 0 heterocycles. The minimum atomic E-state index is -0.308. The topological polar surface area (TPSA) is 29.1 Å². The van der Waals surface area contributed by atoms with Crippen LogP contribution in [0.15, 0.2) is 24.3 Å². The van der Waals surface area contributed by atoms with E-state index in [9.17, 15) is 9.18 Å². The third-order valence-electron chi connectivity index (χ3n) is 1.93. The third-order valence-corrected chi connectivity index (χ3v) is 1.93. The molecule has 3 heteroatoms. The van der Waals surface area contributed by atoms with Gasteiger partial charge in [0.05, 0.1) is 6.04 Å². The van der Waals surface area contributed by atoms with Gasteiger partial charge < -0.3 is 10.1 Å². The van der Waals surface area contributed by atoms with Crippen molar-refractivity contribution in [2.24, 2.45) is 0 Å². The molecule has 0 saturated heterocycles. The van der Waals surface area contributed by atoms with Crippen molar-refractivity contribution in [1.82, 2.24) is 5.32 Å². The highest BCUT2D eigenvalue weighted by atomic mass is 19.1. The highest BCUT2D eigenvalue weighted by Crippen LogP contribution is 2.08. The van der Waals surface area contributed by atoms with Crippen LogP contribution in [0.5, 0.6) is 0 Å². The smallest absolute Gasteiger partial charge is 0.137 e. The van der Waals surface area contributed by atoms with Crippen molar-refractivity contribution in [2.75, 3.05) is 7.05 Å². The molecule has 1 unspecified atom stereocenters. The molecule has 1 rings (SSSR count). The molecule has 0 aromatic heterocycles. The molecule has 0 aliphatic carbocycles. The molecular weight excluding hydrogens is 217 g/mol. The third kappa shape index (κ3) is 7.64. The van der Waals surface area contributed by atoms with Crippen LogP contribution >= 0.6 is 0 Å². The molecule has 0 aliphatic heterocycles. The highest BCUT2D eigenvalue weighted by Gasteiger charge is 2.07. The van der Waals surface area contributed by atoms with E-state index in [0.717, 1.165) is 6.29 Å². The molecule has 1 N–H and O–H groups in total. The Kier molecular flexibility index (Phi) is 13.7. The first-order valence-electron chi connectivity index (χ1n) is 6.14. The van der Waals surface area contributed by atoms with Crippen LogP contribution in [0.1, 0.15) is 33.3 Å². The Balaban J connectivity index is 0. The average Bonchev–Trinajstić information content (AvgIpc) is 2.42. The molecule has 1 aromatic carbocycles. The van der Waals surface area contributed by atoms with E-state index in [1.54, 1.807) is 25.2 Å². The van der Waals surface area contributed by atoms with E-state index < -0.39 is 0 Å². The van der Waals surface area contributed by atoms with Gasteiger partial charge in [-0.1, -0.05) is 45.9 Å². The van der Waals surface area contributed by atoms with E-state index >= 15 is 0 Å². The predicted octanol–water partition coefficient (Wildman–Crippen LogP) is 3.21. The van der Waals surface area contributed by atoms with Gasteiger partial charge in [-0.3, -0.25) is 0 Å². The summed E-state index contributed by atoms with van der Waals surface area (Å²) >= 11 is 0. The summed E-state index contributed by atoms with van der Waals surface area (Å²) in [5.41, 5.74) is 0.564. The minimum Gasteiger partial charge on any atom is -0.311 e. The number of rotatable bonds is 4. The van der Waals surface area contributed by atoms with Gasteiger partial charge in [0.1, 0.15) is 12.1 Å². The van der Waals surface area contributed by atoms with Crippen molar-refractivity contribution in [3.8, 4) is 0 Å². The Bertz CT molecular complexity index is 289. The zero-order valence-electron chi connectivity index (χ0n) is 11.5. The van der Waals surface area contributed by atoms with E-state index in [1.165, 1.54) is 6.07 Å². The second kappa shape index (κ2) is 12.8. The molecule has 0 saturated carbocycles. The number of benzene rings is 1. The van der Waals surface area contributed by atoms with Crippen LogP contribution in [0.2, 0.25) is 0 Å². The van der Waals surface area contributed by atoms with Crippen LogP contribution in [-0.4, -0.2) is 19.4 Å². The lowest BCUT2D eigenvalue weighted by Gasteiger charge is -2.08. The van der Waals surface area contributed by atoms with Crippen LogP contribution in [0.4, 0.5) is 4.39 Å². The molecule has 0 amide bonds. The van der Waals surface area contributed by atoms with E-state index in [-0.39, 0.29) is 11.9 Å². The monoisotopic (exact) mass is 241 g/mol. The Morgan fingerprint density at radius 1 is 1.24 bits per heavy atom. The van der Waals surface area contributed by atoms with Crippen molar-refractivity contribution in [2.45, 2.75) is 40.2 Å². The fraction of sp³-hybridized carbons (Fsp3) is 0.500. The number of aldehydes is 1. The van der Waals surface area contributed by atoms with Crippen LogP contribution in [0, 0.1) is 5.82 Å². The number of hydrogen-bond donors (Lipinski definition) is 1. The number of hydrogen-bond acceptors (Lipinski definition) is 2. The molecule has 1 aromatic rings. The van der Waals surface area contributed by atoms with Gasteiger partial charge in [0, 0.05) is 0 Å². The van der Waals surface area contributed by atoms with Crippen molar-refractivity contribution in [3.63, 3.8) is 0 Å². The summed E-state index contributed by atoms with van der Waals surface area (Å²) < 4.78 is 13.1. The fourth-order valence-electron chi connectivity index (χ4n) is 1.12. The maximum Gasteiger partial charge on any atom is 0.137 e. The van der Waals surface area contributed by atoms with Gasteiger partial charge in [0.2, 0.25) is 0 Å². The molecule has 2 nitrogen and oxygen atoms in total. The lowest BCUT2D eigenvalue weighted by atomic mass is 10.1. The number of halogens is 1. The van der Waals surface area contributed by atoms with Gasteiger partial charge in [-0.2, -0.15) is 0 Å². The van der Waals surface area contributed by atoms with Crippen LogP contribution in [-0.2, 0) is 11.2 Å². The van der Waals surface area contributed by atoms with E-state index in [2.05, 4.69) is 5.32 Å². The summed E-state index contributed by atoms with van der Waals surface area (Å²) in [5.74, 6) is -0.260. The largest absolute Gasteiger partial charge is 0.311 e. The van der Waals surface area contributed by atoms with Crippen LogP contribution in [0.25, 0.3) is 0 Å². The molecule has 17 heavy (non-hydrogen) atoms. The summed E-state index contributed by atoms with van der Waals surface area (Å²) in [6, 6.07) is 6.16. The summed E-state index contributed by atoms with van der Waals surface area (Å²) in [6.07, 6.45) is 1.18. The van der Waals surface area contributed by atoms with E-state index in [4.69, 9.17) is 0 Å². The quantitative estimate of drug-likeness (QED) is 0.820. The van der Waals surface area contributed by atoms with Crippen molar-refractivity contribution < 1.29 is 9.18 Å². The Labute approximate surface area is 104 Å². The lowest BCUT2D eigenvalue weighted by Crippen LogP contribution is -2.29. The Hall–Kier alpha value is -1.22. The molecule has 1 atom stereocenters. The number of carbonyl (C=O) groups excluding carboxylic acids is 1. The highest BCUT2D eigenvalue weighted by molar-refractivity contribution is 5.58. The zero-order valence-corrected chi connectivity index (χ0v) is 11.5. The van der Waals surface area contributed by atoms with E-state index in [1.807, 2.05) is 27.7 Å². The average molecular weight is 241 g/mol. The number of carbonyl (C=O) groups is 1. The zero-order chi connectivity index (χ0) is 13.7. The van der Waals surface area contributed by atoms with Crippen LogP contribution in [0.3, 0.4) is 0 Å². The van der Waals surface area contributed by atoms with Gasteiger partial charge in [0.15, 0.2) is 0 Å². The minimum absolute atomic E-state index is 0.260. The summed E-state index contributed by atoms with van der Waals surface area (Å²) in [7, 11) is 1.68. The first-order valence-corrected chi connectivity index (χ1v) is 6.14. The van der Waals surface area contributed by atoms with Gasteiger partial charge in [0.25, 0.3) is 0 Å². The molecule has 0 radical (unpaired) electrons. The maximum atomic E-state index is 13.1. The lowest BCUT2D eigenvalue weighted by molar-refractivity contribution is -0.109. The second-order valence-electron chi connectivity index (χ2n) is 2.83. The van der Waals surface area contributed by atoms with Gasteiger partial charge in [-0.05, 0) is 25.1 Å². The van der Waals surface area contributed by atoms with E-state index in [0.29, 0.717) is 12.0 Å². The molecule has 0 fully saturated rings. The molecule has 0 spiro atoms. The Morgan fingerprint density at radius 3 is 2.18 bits per heavy atom. The van der Waals surface area contributed by atoms with Crippen LogP contribution < -0.4 is 5.32 Å². The maximum absolute atomic E-state index is 13.1. The van der Waals surface area contributed by atoms with Crippen molar-refractivity contribution >= 4 is 6.29 Å². The standard InChI is InChI=1S/C10H12FNO.2C2H6/c1-12-9(7-13)6-8-4-2-3-5-10(8)11;2*1-2/h2-5,7,9,12H,6H2,1H3;2*1-2H3. The second-order valence-corrected chi connectivity index (χ2v) is 2.83. The molecule has 0 aliphatic rings. The van der Waals surface area contributed by atoms with Crippen molar-refractivity contribution in [3.05, 3.63) is 35.6 Å². The first-order chi connectivity index (χ1) is 8.27. The SMILES string of the molecule is CC.CC.CNC(C=O)Cc1ccccc1F. The summed E-state index contributed by atoms with van der Waals surface area (Å²) in [6.45, 7) is 8.00. The molecule has 98 valence electrons. The van der Waals surface area contributed by atoms with Gasteiger partial charge >= 0.3 is 0 Å². The number of nitrogens with one attached hydrogen (secondary N) is 1. The molecule has 0 bridgehead atoms. The normalized spacial score (nSPS) is 10.2. The van der Waals surface area contributed by atoms with Gasteiger partial charge in [-0.25, -0.2) is 4.39 Å². The molecular formula is C14H24FNO. The van der Waals surface area contributed by atoms with Gasteiger partial charge in [-0.15, -0.1) is 0 Å². The first kappa shape index (κ1) is 18.2. The van der Waals surface area contributed by atoms with Crippen molar-refractivity contribution in [1.29, 1.82) is 0 Å². The Morgan fingerprint density at radius 2 is 1.76 bits per heavy atom. The predicted molar refractivity (Wildman–Crippen MR) is 71.7 cm³/mol. The summed E-state index contributed by atoms with van der Waals surface area (Å²) in [4.78, 5) is 10.5. The fourth-order valence-corrected chi connectivity index (χ4v) is 1.12.